The van der Waals surface area contributed by atoms with E-state index < -0.39 is 11.2 Å². The molecule has 0 aliphatic carbocycles. The zero-order chi connectivity index (χ0) is 13.6. The Morgan fingerprint density at radius 1 is 1.26 bits per heavy atom. The van der Waals surface area contributed by atoms with Crippen molar-refractivity contribution >= 4 is 26.8 Å². The van der Waals surface area contributed by atoms with Crippen LogP contribution in [-0.2, 0) is 0 Å². The fourth-order valence-corrected chi connectivity index (χ4v) is 2.58. The molecule has 0 aliphatic rings. The molecular weight excluding hydrogens is 264 g/mol. The third kappa shape index (κ3) is 1.84. The largest absolute Gasteiger partial charge is 0.375 e. The van der Waals surface area contributed by atoms with Crippen molar-refractivity contribution in [2.45, 2.75) is 6.92 Å². The maximum absolute atomic E-state index is 12.0. The molecule has 0 saturated heterocycles. The number of hydrogen-bond acceptors (Lipinski definition) is 5. The maximum Gasteiger partial charge on any atom is 0.334 e. The van der Waals surface area contributed by atoms with Gasteiger partial charge in [0, 0.05) is 0 Å². The molecule has 2 heterocycles. The monoisotopic (exact) mass is 274 g/mol. The summed E-state index contributed by atoms with van der Waals surface area (Å²) in [5.41, 5.74) is 6.65. The molecule has 96 valence electrons. The van der Waals surface area contributed by atoms with Gasteiger partial charge < -0.3 is 5.73 Å². The minimum Gasteiger partial charge on any atom is -0.375 e. The summed E-state index contributed by atoms with van der Waals surface area (Å²) in [6, 6.07) is 7.36. The van der Waals surface area contributed by atoms with Gasteiger partial charge in [-0.15, -0.1) is 0 Å². The first-order chi connectivity index (χ1) is 9.06. The Bertz CT molecular complexity index is 873. The van der Waals surface area contributed by atoms with Gasteiger partial charge in [0.25, 0.3) is 5.56 Å². The highest BCUT2D eigenvalue weighted by Gasteiger charge is 2.13. The number of nitrogens with two attached hydrogens (primary N) is 1. The number of thiazole rings is 1. The number of nitrogens with one attached hydrogen (secondary N) is 1. The Kier molecular flexibility index (Phi) is 2.49. The summed E-state index contributed by atoms with van der Waals surface area (Å²) in [7, 11) is 0. The van der Waals surface area contributed by atoms with Crippen molar-refractivity contribution in [2.75, 3.05) is 5.73 Å². The van der Waals surface area contributed by atoms with Gasteiger partial charge in [0.2, 0.25) is 0 Å². The fourth-order valence-electron chi connectivity index (χ4n) is 1.87. The zero-order valence-electron chi connectivity index (χ0n) is 10.0. The third-order valence-corrected chi connectivity index (χ3v) is 3.63. The minimum atomic E-state index is -0.522. The van der Waals surface area contributed by atoms with Crippen molar-refractivity contribution in [3.63, 3.8) is 0 Å². The van der Waals surface area contributed by atoms with Gasteiger partial charge >= 0.3 is 5.69 Å². The van der Waals surface area contributed by atoms with Crippen molar-refractivity contribution in [2.24, 2.45) is 0 Å². The molecule has 6 nitrogen and oxygen atoms in total. The first kappa shape index (κ1) is 11.7. The number of rotatable bonds is 1. The zero-order valence-corrected chi connectivity index (χ0v) is 10.8. The van der Waals surface area contributed by atoms with Crippen LogP contribution in [0.5, 0.6) is 0 Å². The lowest BCUT2D eigenvalue weighted by molar-refractivity contribution is 0.932. The number of H-pyrrole nitrogens is 1. The highest BCUT2D eigenvalue weighted by molar-refractivity contribution is 7.21. The molecule has 3 aromatic rings. The summed E-state index contributed by atoms with van der Waals surface area (Å²) in [6.07, 6.45) is 0. The van der Waals surface area contributed by atoms with Crippen LogP contribution in [0.15, 0.2) is 33.9 Å². The van der Waals surface area contributed by atoms with Crippen LogP contribution < -0.4 is 17.0 Å². The lowest BCUT2D eigenvalue weighted by atomic mass is 10.2. The lowest BCUT2D eigenvalue weighted by Gasteiger charge is -2.05. The summed E-state index contributed by atoms with van der Waals surface area (Å²) in [5, 5.41) is 0.256. The van der Waals surface area contributed by atoms with Gasteiger partial charge in [0.15, 0.2) is 10.8 Å². The predicted molar refractivity (Wildman–Crippen MR) is 75.0 cm³/mol. The van der Waals surface area contributed by atoms with E-state index in [-0.39, 0.29) is 5.13 Å². The molecule has 0 fully saturated rings. The molecule has 0 spiro atoms. The molecular formula is C12H10N4O2S. The highest BCUT2D eigenvalue weighted by Crippen LogP contribution is 2.21. The van der Waals surface area contributed by atoms with Gasteiger partial charge in [0.05, 0.1) is 5.69 Å². The summed E-state index contributed by atoms with van der Waals surface area (Å²) >= 11 is 1.06. The molecule has 3 N–H and O–H groups in total. The van der Waals surface area contributed by atoms with Crippen LogP contribution in [0.2, 0.25) is 0 Å². The molecule has 1 aromatic carbocycles. The van der Waals surface area contributed by atoms with Gasteiger partial charge in [-0.05, 0) is 19.1 Å². The first-order valence-electron chi connectivity index (χ1n) is 5.54. The fraction of sp³-hybridized carbons (Fsp3) is 0.0833. The van der Waals surface area contributed by atoms with E-state index in [2.05, 4.69) is 9.97 Å². The van der Waals surface area contributed by atoms with E-state index >= 15 is 0 Å². The van der Waals surface area contributed by atoms with Crippen molar-refractivity contribution < 1.29 is 0 Å². The Labute approximate surface area is 111 Å². The van der Waals surface area contributed by atoms with Gasteiger partial charge in [-0.25, -0.2) is 14.3 Å². The van der Waals surface area contributed by atoms with Gasteiger partial charge in [-0.2, -0.15) is 0 Å². The number of nitrogens with zero attached hydrogens (tertiary/aromatic N) is 2. The van der Waals surface area contributed by atoms with E-state index in [1.165, 1.54) is 4.57 Å². The summed E-state index contributed by atoms with van der Waals surface area (Å²) in [4.78, 5) is 30.0. The van der Waals surface area contributed by atoms with E-state index in [0.29, 0.717) is 16.0 Å². The normalized spacial score (nSPS) is 11.0. The Hall–Kier alpha value is -2.41. The van der Waals surface area contributed by atoms with E-state index in [1.807, 2.05) is 19.1 Å². The number of aromatic nitrogens is 3. The third-order valence-electron chi connectivity index (χ3n) is 2.76. The van der Waals surface area contributed by atoms with Crippen LogP contribution in [0.1, 0.15) is 5.56 Å². The molecule has 0 saturated carbocycles. The van der Waals surface area contributed by atoms with Crippen LogP contribution in [-0.4, -0.2) is 14.5 Å². The second kappa shape index (κ2) is 4.06. The molecule has 0 aliphatic heterocycles. The van der Waals surface area contributed by atoms with E-state index in [9.17, 15) is 9.59 Å². The first-order valence-corrected chi connectivity index (χ1v) is 6.36. The second-order valence-corrected chi connectivity index (χ2v) is 5.17. The summed E-state index contributed by atoms with van der Waals surface area (Å²) < 4.78 is 1.70. The average Bonchev–Trinajstić information content (AvgIpc) is 2.73. The highest BCUT2D eigenvalue weighted by atomic mass is 32.1. The smallest absolute Gasteiger partial charge is 0.334 e. The van der Waals surface area contributed by atoms with Crippen molar-refractivity contribution in [1.82, 2.24) is 14.5 Å². The quantitative estimate of drug-likeness (QED) is 0.693. The maximum atomic E-state index is 12.0. The van der Waals surface area contributed by atoms with Crippen LogP contribution in [0.4, 0.5) is 5.13 Å². The number of aromatic amines is 1. The van der Waals surface area contributed by atoms with Crippen LogP contribution >= 0.6 is 11.3 Å². The molecule has 3 rings (SSSR count). The average molecular weight is 274 g/mol. The van der Waals surface area contributed by atoms with E-state index in [4.69, 9.17) is 5.73 Å². The molecule has 0 atom stereocenters. The Morgan fingerprint density at radius 3 is 2.63 bits per heavy atom. The molecule has 0 amide bonds. The minimum absolute atomic E-state index is 0.256. The van der Waals surface area contributed by atoms with Gasteiger partial charge in [-0.1, -0.05) is 29.0 Å². The summed E-state index contributed by atoms with van der Waals surface area (Å²) in [5.74, 6) is 0. The van der Waals surface area contributed by atoms with Crippen LogP contribution in [0.25, 0.3) is 16.0 Å². The SMILES string of the molecule is Cc1ccc(-n2c(=O)[nH]c(=O)c3sc(N)nc32)cc1. The molecule has 0 unspecified atom stereocenters. The standard InChI is InChI=1S/C12H10N4O2S/c1-6-2-4-7(5-3-6)16-9-8(19-11(13)14-9)10(17)15-12(16)18/h2-5H,1H3,(H2,13,14)(H,15,17,18). The second-order valence-electron chi connectivity index (χ2n) is 4.14. The Morgan fingerprint density at radius 2 is 1.95 bits per heavy atom. The summed E-state index contributed by atoms with van der Waals surface area (Å²) in [6.45, 7) is 1.95. The number of aryl methyl sites for hydroxylation is 1. The van der Waals surface area contributed by atoms with Crippen LogP contribution in [0.3, 0.4) is 0 Å². The number of nitrogen functional groups attached to an aromatic ring is 1. The van der Waals surface area contributed by atoms with Crippen molar-refractivity contribution in [3.05, 3.63) is 50.7 Å². The Balaban J connectivity index is 2.43. The lowest BCUT2D eigenvalue weighted by Crippen LogP contribution is -2.28. The molecule has 7 heteroatoms. The molecule has 19 heavy (non-hydrogen) atoms. The number of anilines is 1. The van der Waals surface area contributed by atoms with Crippen molar-refractivity contribution in [1.29, 1.82) is 0 Å². The molecule has 2 aromatic heterocycles. The van der Waals surface area contributed by atoms with Gasteiger partial charge in [0.1, 0.15) is 4.70 Å². The molecule has 0 bridgehead atoms. The van der Waals surface area contributed by atoms with Crippen LogP contribution in [0, 0.1) is 6.92 Å². The van der Waals surface area contributed by atoms with E-state index in [0.717, 1.165) is 16.9 Å². The van der Waals surface area contributed by atoms with Gasteiger partial charge in [-0.3, -0.25) is 9.78 Å². The number of fused-ring (bicyclic) bond motifs is 1. The topological polar surface area (TPSA) is 93.8 Å². The number of hydrogen-bond donors (Lipinski definition) is 2. The predicted octanol–water partition coefficient (Wildman–Crippen LogP) is 1.03. The van der Waals surface area contributed by atoms with Crippen molar-refractivity contribution in [3.8, 4) is 5.69 Å². The number of benzene rings is 1. The molecule has 0 radical (unpaired) electrons. The van der Waals surface area contributed by atoms with E-state index in [1.54, 1.807) is 12.1 Å².